The molecule has 2 fully saturated rings. The van der Waals surface area contributed by atoms with Gasteiger partial charge in [-0.2, -0.15) is 0 Å². The Morgan fingerprint density at radius 3 is 3.00 bits per heavy atom. The second-order valence-corrected chi connectivity index (χ2v) is 4.26. The van der Waals surface area contributed by atoms with Crippen LogP contribution < -0.4 is 5.32 Å². The largest absolute Gasteiger partial charge is 0.341 e. The van der Waals surface area contributed by atoms with Crippen molar-refractivity contribution in [2.75, 3.05) is 13.1 Å². The van der Waals surface area contributed by atoms with Gasteiger partial charge in [-0.1, -0.05) is 6.08 Å². The fraction of sp³-hybridized carbons (Fsp3) is 0.727. The summed E-state index contributed by atoms with van der Waals surface area (Å²) in [5.41, 5.74) is 0. The van der Waals surface area contributed by atoms with Crippen molar-refractivity contribution in [2.45, 2.75) is 37.8 Å². The lowest BCUT2D eigenvalue weighted by atomic mass is 10.1. The van der Waals surface area contributed by atoms with Crippen molar-refractivity contribution in [3.63, 3.8) is 0 Å². The number of fused-ring (bicyclic) bond motifs is 2. The minimum absolute atomic E-state index is 0.231. The van der Waals surface area contributed by atoms with Gasteiger partial charge in [-0.25, -0.2) is 0 Å². The molecule has 2 atom stereocenters. The molecule has 0 aromatic heterocycles. The molecule has 2 saturated heterocycles. The third kappa shape index (κ3) is 1.98. The predicted molar refractivity (Wildman–Crippen MR) is 56.0 cm³/mol. The van der Waals surface area contributed by atoms with Crippen LogP contribution in [0.15, 0.2) is 12.7 Å². The molecule has 0 aromatic carbocycles. The van der Waals surface area contributed by atoms with E-state index in [4.69, 9.17) is 0 Å². The minimum Gasteiger partial charge on any atom is -0.341 e. The molecular formula is C11H18N2O. The van der Waals surface area contributed by atoms with Gasteiger partial charge >= 0.3 is 0 Å². The van der Waals surface area contributed by atoms with Crippen molar-refractivity contribution >= 4 is 5.91 Å². The van der Waals surface area contributed by atoms with E-state index in [1.54, 1.807) is 6.08 Å². The summed E-state index contributed by atoms with van der Waals surface area (Å²) in [6, 6.07) is 1.19. The van der Waals surface area contributed by atoms with Crippen LogP contribution in [0.4, 0.5) is 0 Å². The Morgan fingerprint density at radius 1 is 1.43 bits per heavy atom. The molecule has 78 valence electrons. The van der Waals surface area contributed by atoms with Crippen LogP contribution in [0.1, 0.15) is 25.7 Å². The second-order valence-electron chi connectivity index (χ2n) is 4.26. The average Bonchev–Trinajstić information content (AvgIpc) is 2.46. The maximum Gasteiger partial charge on any atom is 0.226 e. The highest BCUT2D eigenvalue weighted by Gasteiger charge is 2.30. The minimum atomic E-state index is 0.231. The Morgan fingerprint density at radius 2 is 2.21 bits per heavy atom. The number of nitrogens with one attached hydrogen (secondary N) is 1. The van der Waals surface area contributed by atoms with E-state index in [9.17, 15) is 4.79 Å². The molecule has 0 aromatic rings. The zero-order valence-electron chi connectivity index (χ0n) is 8.54. The molecule has 0 radical (unpaired) electrons. The van der Waals surface area contributed by atoms with E-state index in [2.05, 4.69) is 11.9 Å². The molecule has 2 bridgehead atoms. The summed E-state index contributed by atoms with van der Waals surface area (Å²) in [6.07, 6.45) is 5.80. The number of nitrogens with zero attached hydrogens (tertiary/aromatic N) is 1. The van der Waals surface area contributed by atoms with E-state index in [0.717, 1.165) is 19.5 Å². The first-order valence-corrected chi connectivity index (χ1v) is 5.44. The van der Waals surface area contributed by atoms with Crippen LogP contribution in [-0.2, 0) is 4.79 Å². The van der Waals surface area contributed by atoms with E-state index < -0.39 is 0 Å². The first kappa shape index (κ1) is 9.71. The highest BCUT2D eigenvalue weighted by Crippen LogP contribution is 2.20. The van der Waals surface area contributed by atoms with Gasteiger partial charge in [0.25, 0.3) is 0 Å². The Balaban J connectivity index is 1.94. The molecule has 3 nitrogen and oxygen atoms in total. The van der Waals surface area contributed by atoms with E-state index in [1.807, 2.05) is 4.90 Å². The third-order valence-corrected chi connectivity index (χ3v) is 3.19. The molecule has 2 heterocycles. The Hall–Kier alpha value is -0.830. The summed E-state index contributed by atoms with van der Waals surface area (Å²) < 4.78 is 0. The summed E-state index contributed by atoms with van der Waals surface area (Å²) in [7, 11) is 0. The van der Waals surface area contributed by atoms with Crippen molar-refractivity contribution < 1.29 is 4.79 Å². The topological polar surface area (TPSA) is 32.3 Å². The van der Waals surface area contributed by atoms with Crippen LogP contribution in [0.5, 0.6) is 0 Å². The number of rotatable bonds is 2. The number of likely N-dealkylation sites (tertiary alicyclic amines) is 1. The van der Waals surface area contributed by atoms with Crippen LogP contribution in [-0.4, -0.2) is 36.0 Å². The van der Waals surface area contributed by atoms with E-state index >= 15 is 0 Å². The van der Waals surface area contributed by atoms with Gasteiger partial charge in [0.1, 0.15) is 0 Å². The first-order valence-electron chi connectivity index (χ1n) is 5.44. The molecule has 0 unspecified atom stereocenters. The van der Waals surface area contributed by atoms with Gasteiger partial charge in [0.05, 0.1) is 0 Å². The molecule has 1 N–H and O–H groups in total. The first-order chi connectivity index (χ1) is 6.79. The van der Waals surface area contributed by atoms with Crippen molar-refractivity contribution in [3.05, 3.63) is 12.7 Å². The SMILES string of the molecule is C=CCC(=O)N1CC[C@H]2CC[C@@H](C1)N2. The van der Waals surface area contributed by atoms with Gasteiger partial charge in [0.2, 0.25) is 5.91 Å². The quantitative estimate of drug-likeness (QED) is 0.663. The number of amides is 1. The van der Waals surface area contributed by atoms with Crippen LogP contribution in [0.25, 0.3) is 0 Å². The predicted octanol–water partition coefficient (Wildman–Crippen LogP) is 0.915. The third-order valence-electron chi connectivity index (χ3n) is 3.19. The summed E-state index contributed by atoms with van der Waals surface area (Å²) in [5.74, 6) is 0.231. The number of hydrogen-bond donors (Lipinski definition) is 1. The molecule has 1 amide bonds. The molecule has 0 saturated carbocycles. The van der Waals surface area contributed by atoms with Crippen LogP contribution in [0.3, 0.4) is 0 Å². The van der Waals surface area contributed by atoms with Crippen LogP contribution >= 0.6 is 0 Å². The summed E-state index contributed by atoms with van der Waals surface area (Å²) in [4.78, 5) is 13.6. The highest BCUT2D eigenvalue weighted by molar-refractivity contribution is 5.77. The maximum absolute atomic E-state index is 11.7. The summed E-state index contributed by atoms with van der Waals surface area (Å²) >= 11 is 0. The van der Waals surface area contributed by atoms with Gasteiger partial charge in [-0.3, -0.25) is 4.79 Å². The van der Waals surface area contributed by atoms with Crippen molar-refractivity contribution in [2.24, 2.45) is 0 Å². The zero-order valence-corrected chi connectivity index (χ0v) is 8.54. The lowest BCUT2D eigenvalue weighted by Gasteiger charge is -2.23. The summed E-state index contributed by atoms with van der Waals surface area (Å²) in [5, 5.41) is 3.56. The van der Waals surface area contributed by atoms with Gasteiger partial charge in [0, 0.05) is 31.6 Å². The Bertz CT molecular complexity index is 239. The van der Waals surface area contributed by atoms with Crippen molar-refractivity contribution in [3.8, 4) is 0 Å². The maximum atomic E-state index is 11.7. The standard InChI is InChI=1S/C11H18N2O/c1-2-3-11(14)13-7-6-9-4-5-10(8-13)12-9/h2,9-10,12H,1,3-8H2/t9-,10+/m1/s1. The molecule has 0 aliphatic carbocycles. The molecule has 2 aliphatic rings. The van der Waals surface area contributed by atoms with E-state index in [0.29, 0.717) is 18.5 Å². The lowest BCUT2D eigenvalue weighted by Crippen LogP contribution is -2.38. The normalized spacial score (nSPS) is 31.3. The van der Waals surface area contributed by atoms with Crippen molar-refractivity contribution in [1.29, 1.82) is 0 Å². The van der Waals surface area contributed by atoms with Crippen LogP contribution in [0.2, 0.25) is 0 Å². The smallest absolute Gasteiger partial charge is 0.226 e. The fourth-order valence-electron chi connectivity index (χ4n) is 2.42. The zero-order chi connectivity index (χ0) is 9.97. The number of hydrogen-bond acceptors (Lipinski definition) is 2. The van der Waals surface area contributed by atoms with Gasteiger partial charge in [0.15, 0.2) is 0 Å². The Labute approximate surface area is 85.2 Å². The Kier molecular flexibility index (Phi) is 2.87. The van der Waals surface area contributed by atoms with E-state index in [-0.39, 0.29) is 5.91 Å². The monoisotopic (exact) mass is 194 g/mol. The molecule has 2 aliphatic heterocycles. The molecule has 0 spiro atoms. The van der Waals surface area contributed by atoms with E-state index in [1.165, 1.54) is 12.8 Å². The summed E-state index contributed by atoms with van der Waals surface area (Å²) in [6.45, 7) is 5.41. The lowest BCUT2D eigenvalue weighted by molar-refractivity contribution is -0.130. The number of carbonyl (C=O) groups is 1. The molecule has 14 heavy (non-hydrogen) atoms. The fourth-order valence-corrected chi connectivity index (χ4v) is 2.42. The second kappa shape index (κ2) is 4.13. The van der Waals surface area contributed by atoms with Gasteiger partial charge < -0.3 is 10.2 Å². The van der Waals surface area contributed by atoms with Crippen molar-refractivity contribution in [1.82, 2.24) is 10.2 Å². The molecule has 3 heteroatoms. The highest BCUT2D eigenvalue weighted by atomic mass is 16.2. The van der Waals surface area contributed by atoms with Gasteiger partial charge in [-0.15, -0.1) is 6.58 Å². The van der Waals surface area contributed by atoms with Gasteiger partial charge in [-0.05, 0) is 19.3 Å². The van der Waals surface area contributed by atoms with Crippen LogP contribution in [0, 0.1) is 0 Å². The average molecular weight is 194 g/mol. The number of carbonyl (C=O) groups excluding carboxylic acids is 1. The molecule has 2 rings (SSSR count). The molecular weight excluding hydrogens is 176 g/mol.